The third-order valence-corrected chi connectivity index (χ3v) is 5.14. The van der Waals surface area contributed by atoms with Crippen LogP contribution < -0.4 is 10.6 Å². The molecule has 0 atom stereocenters. The van der Waals surface area contributed by atoms with Crippen LogP contribution in [0.15, 0.2) is 56.5 Å². The molecule has 3 rings (SSSR count). The zero-order chi connectivity index (χ0) is 18.2. The molecular formula is C20H26BrN3O2. The van der Waals surface area contributed by atoms with Crippen LogP contribution in [-0.4, -0.2) is 29.8 Å². The number of hydrogen-bond acceptors (Lipinski definition) is 3. The number of halogens is 1. The second-order valence-corrected chi connectivity index (χ2v) is 7.61. The fraction of sp³-hybridized carbons (Fsp3) is 0.450. The predicted molar refractivity (Wildman–Crippen MR) is 107 cm³/mol. The minimum atomic E-state index is -0.150. The zero-order valence-electron chi connectivity index (χ0n) is 14.8. The summed E-state index contributed by atoms with van der Waals surface area (Å²) in [5, 5.41) is 16.6. The van der Waals surface area contributed by atoms with Crippen molar-refractivity contribution in [2.75, 3.05) is 6.54 Å². The van der Waals surface area contributed by atoms with Gasteiger partial charge in [-0.05, 0) is 55.5 Å². The molecule has 26 heavy (non-hydrogen) atoms. The van der Waals surface area contributed by atoms with Gasteiger partial charge in [0, 0.05) is 23.5 Å². The molecule has 0 saturated heterocycles. The van der Waals surface area contributed by atoms with Gasteiger partial charge in [-0.15, -0.1) is 0 Å². The first-order chi connectivity index (χ1) is 12.7. The smallest absolute Gasteiger partial charge is 0.191 e. The van der Waals surface area contributed by atoms with Gasteiger partial charge in [-0.1, -0.05) is 28.1 Å². The summed E-state index contributed by atoms with van der Waals surface area (Å²) in [7, 11) is 0. The summed E-state index contributed by atoms with van der Waals surface area (Å²) in [5.74, 6) is 1.78. The summed E-state index contributed by atoms with van der Waals surface area (Å²) < 4.78 is 6.46. The molecule has 0 spiro atoms. The van der Waals surface area contributed by atoms with E-state index in [1.165, 1.54) is 5.56 Å². The minimum absolute atomic E-state index is 0.150. The number of nitrogens with one attached hydrogen (secondary N) is 2. The molecule has 140 valence electrons. The van der Waals surface area contributed by atoms with Crippen LogP contribution in [0.3, 0.4) is 0 Å². The largest absolute Gasteiger partial charge is 0.469 e. The molecule has 1 aromatic carbocycles. The van der Waals surface area contributed by atoms with Crippen LogP contribution in [0.2, 0.25) is 0 Å². The molecule has 0 unspecified atom stereocenters. The second-order valence-electron chi connectivity index (χ2n) is 6.70. The summed E-state index contributed by atoms with van der Waals surface area (Å²) in [6.07, 6.45) is 6.01. The van der Waals surface area contributed by atoms with Gasteiger partial charge in [-0.2, -0.15) is 0 Å². The van der Waals surface area contributed by atoms with E-state index in [0.717, 1.165) is 54.8 Å². The highest BCUT2D eigenvalue weighted by Crippen LogP contribution is 2.18. The summed E-state index contributed by atoms with van der Waals surface area (Å²) in [4.78, 5) is 4.74. The molecule has 1 saturated carbocycles. The molecular weight excluding hydrogens is 394 g/mol. The number of furan rings is 1. The summed E-state index contributed by atoms with van der Waals surface area (Å²) in [6, 6.07) is 12.5. The van der Waals surface area contributed by atoms with Gasteiger partial charge in [0.2, 0.25) is 0 Å². The van der Waals surface area contributed by atoms with Gasteiger partial charge in [0.25, 0.3) is 0 Å². The maximum atomic E-state index is 9.69. The fourth-order valence-electron chi connectivity index (χ4n) is 3.09. The van der Waals surface area contributed by atoms with E-state index in [1.54, 1.807) is 6.26 Å². The molecule has 1 aliphatic carbocycles. The number of hydrogen-bond donors (Lipinski definition) is 3. The third kappa shape index (κ3) is 6.18. The Labute approximate surface area is 163 Å². The van der Waals surface area contributed by atoms with E-state index in [-0.39, 0.29) is 6.10 Å². The first-order valence-electron chi connectivity index (χ1n) is 9.19. The first-order valence-corrected chi connectivity index (χ1v) is 9.98. The van der Waals surface area contributed by atoms with Gasteiger partial charge < -0.3 is 20.2 Å². The molecule has 0 amide bonds. The molecule has 6 heteroatoms. The Hall–Kier alpha value is -1.79. The molecule has 1 heterocycles. The van der Waals surface area contributed by atoms with Crippen molar-refractivity contribution >= 4 is 21.9 Å². The Morgan fingerprint density at radius 3 is 2.62 bits per heavy atom. The predicted octanol–water partition coefficient (Wildman–Crippen LogP) is 3.62. The van der Waals surface area contributed by atoms with E-state index in [0.29, 0.717) is 12.6 Å². The van der Waals surface area contributed by atoms with Crippen LogP contribution in [0.5, 0.6) is 0 Å². The minimum Gasteiger partial charge on any atom is -0.469 e. The number of guanidine groups is 1. The number of rotatable bonds is 6. The summed E-state index contributed by atoms with van der Waals surface area (Å²) in [5.41, 5.74) is 1.17. The highest BCUT2D eigenvalue weighted by molar-refractivity contribution is 9.10. The molecule has 3 N–H and O–H groups in total. The van der Waals surface area contributed by atoms with Crippen LogP contribution in [0.1, 0.15) is 37.0 Å². The van der Waals surface area contributed by atoms with Crippen molar-refractivity contribution in [2.45, 2.75) is 50.8 Å². The Morgan fingerprint density at radius 2 is 1.92 bits per heavy atom. The standard InChI is InChI=1S/C20H26BrN3O2/c21-16-5-3-15(4-6-16)14-23-20(22-12-11-19-2-1-13-26-19)24-17-7-9-18(25)10-8-17/h1-6,13,17-18,25H,7-12,14H2,(H2,22,23,24). The number of aliphatic hydroxyl groups excluding tert-OH is 1. The Morgan fingerprint density at radius 1 is 1.15 bits per heavy atom. The lowest BCUT2D eigenvalue weighted by Gasteiger charge is -2.27. The molecule has 5 nitrogen and oxygen atoms in total. The van der Waals surface area contributed by atoms with Gasteiger partial charge in [-0.3, -0.25) is 0 Å². The highest BCUT2D eigenvalue weighted by atomic mass is 79.9. The van der Waals surface area contributed by atoms with Crippen molar-refractivity contribution in [3.8, 4) is 0 Å². The van der Waals surface area contributed by atoms with Crippen molar-refractivity contribution in [2.24, 2.45) is 4.99 Å². The number of nitrogens with zero attached hydrogens (tertiary/aromatic N) is 1. The first kappa shape index (κ1) is 19.0. The molecule has 1 fully saturated rings. The average Bonchev–Trinajstić information content (AvgIpc) is 3.16. The lowest BCUT2D eigenvalue weighted by atomic mass is 9.93. The zero-order valence-corrected chi connectivity index (χ0v) is 16.4. The summed E-state index contributed by atoms with van der Waals surface area (Å²) in [6.45, 7) is 1.38. The van der Waals surface area contributed by atoms with E-state index in [2.05, 4.69) is 38.7 Å². The lowest BCUT2D eigenvalue weighted by Crippen LogP contribution is -2.45. The van der Waals surface area contributed by atoms with E-state index in [9.17, 15) is 5.11 Å². The van der Waals surface area contributed by atoms with Crippen LogP contribution in [0.25, 0.3) is 0 Å². The van der Waals surface area contributed by atoms with Crippen molar-refractivity contribution in [1.29, 1.82) is 0 Å². The Balaban J connectivity index is 1.57. The van der Waals surface area contributed by atoms with Crippen LogP contribution in [-0.2, 0) is 13.0 Å². The van der Waals surface area contributed by atoms with Crippen molar-refractivity contribution in [1.82, 2.24) is 10.6 Å². The average molecular weight is 420 g/mol. The number of benzene rings is 1. The maximum Gasteiger partial charge on any atom is 0.191 e. The molecule has 1 aromatic heterocycles. The number of aliphatic hydroxyl groups is 1. The van der Waals surface area contributed by atoms with Gasteiger partial charge in [0.15, 0.2) is 5.96 Å². The summed E-state index contributed by atoms with van der Waals surface area (Å²) >= 11 is 3.46. The molecule has 2 aromatic rings. The lowest BCUT2D eigenvalue weighted by molar-refractivity contribution is 0.120. The van der Waals surface area contributed by atoms with E-state index in [4.69, 9.17) is 9.41 Å². The third-order valence-electron chi connectivity index (χ3n) is 4.61. The normalized spacial score (nSPS) is 20.8. The van der Waals surface area contributed by atoms with E-state index < -0.39 is 0 Å². The maximum absolute atomic E-state index is 9.69. The van der Waals surface area contributed by atoms with Gasteiger partial charge in [0.1, 0.15) is 5.76 Å². The quantitative estimate of drug-likeness (QED) is 0.493. The SMILES string of the molecule is OC1CCC(NC(=NCc2ccc(Br)cc2)NCCc2ccco2)CC1. The van der Waals surface area contributed by atoms with Crippen LogP contribution >= 0.6 is 15.9 Å². The van der Waals surface area contributed by atoms with Crippen molar-refractivity contribution in [3.63, 3.8) is 0 Å². The molecule has 0 aliphatic heterocycles. The van der Waals surface area contributed by atoms with Crippen molar-refractivity contribution in [3.05, 3.63) is 58.5 Å². The number of aliphatic imine (C=N–C) groups is 1. The Bertz CT molecular complexity index is 678. The fourth-order valence-corrected chi connectivity index (χ4v) is 3.35. The van der Waals surface area contributed by atoms with Crippen LogP contribution in [0, 0.1) is 0 Å². The highest BCUT2D eigenvalue weighted by Gasteiger charge is 2.20. The molecule has 1 aliphatic rings. The van der Waals surface area contributed by atoms with Gasteiger partial charge in [0.05, 0.1) is 18.9 Å². The molecule has 0 radical (unpaired) electrons. The van der Waals surface area contributed by atoms with Gasteiger partial charge in [-0.25, -0.2) is 4.99 Å². The molecule has 0 bridgehead atoms. The monoisotopic (exact) mass is 419 g/mol. The van der Waals surface area contributed by atoms with Crippen molar-refractivity contribution < 1.29 is 9.52 Å². The van der Waals surface area contributed by atoms with E-state index in [1.807, 2.05) is 24.3 Å². The van der Waals surface area contributed by atoms with Gasteiger partial charge >= 0.3 is 0 Å². The second kappa shape index (κ2) is 9.78. The topological polar surface area (TPSA) is 69.8 Å². The van der Waals surface area contributed by atoms with E-state index >= 15 is 0 Å². The van der Waals surface area contributed by atoms with Crippen LogP contribution in [0.4, 0.5) is 0 Å². The Kier molecular flexibility index (Phi) is 7.14.